The molecule has 0 aliphatic heterocycles. The van der Waals surface area contributed by atoms with Gasteiger partial charge in [0.25, 0.3) is 0 Å². The van der Waals surface area contributed by atoms with Gasteiger partial charge < -0.3 is 10.4 Å². The van der Waals surface area contributed by atoms with E-state index in [0.29, 0.717) is 17.1 Å². The highest BCUT2D eigenvalue weighted by molar-refractivity contribution is 6.33. The highest BCUT2D eigenvalue weighted by atomic mass is 35.5. The SMILES string of the molecule is CCCC(Nc1cc(C)ccc1Cl)C(=O)O. The summed E-state index contributed by atoms with van der Waals surface area (Å²) < 4.78 is 0. The molecule has 1 rings (SSSR count). The van der Waals surface area contributed by atoms with E-state index in [1.807, 2.05) is 26.0 Å². The number of rotatable bonds is 5. The zero-order valence-corrected chi connectivity index (χ0v) is 10.2. The standard InChI is InChI=1S/C12H16ClNO2/c1-3-4-10(12(15)16)14-11-7-8(2)5-6-9(11)13/h5-7,10,14H,3-4H2,1-2H3,(H,15,16). The van der Waals surface area contributed by atoms with Crippen LogP contribution < -0.4 is 5.32 Å². The van der Waals surface area contributed by atoms with Gasteiger partial charge in [0, 0.05) is 0 Å². The fraction of sp³-hybridized carbons (Fsp3) is 0.417. The van der Waals surface area contributed by atoms with Gasteiger partial charge in [0.2, 0.25) is 0 Å². The third-order valence-electron chi connectivity index (χ3n) is 2.33. The van der Waals surface area contributed by atoms with Crippen LogP contribution in [0.5, 0.6) is 0 Å². The fourth-order valence-electron chi connectivity index (χ4n) is 1.48. The number of carbonyl (C=O) groups is 1. The summed E-state index contributed by atoms with van der Waals surface area (Å²) in [6.45, 7) is 3.90. The van der Waals surface area contributed by atoms with Gasteiger partial charge in [-0.25, -0.2) is 4.79 Å². The second-order valence-corrected chi connectivity index (χ2v) is 4.21. The Hall–Kier alpha value is -1.22. The molecule has 2 N–H and O–H groups in total. The lowest BCUT2D eigenvalue weighted by atomic mass is 10.1. The van der Waals surface area contributed by atoms with Crippen molar-refractivity contribution in [1.29, 1.82) is 0 Å². The maximum atomic E-state index is 11.0. The first-order valence-electron chi connectivity index (χ1n) is 5.30. The molecule has 0 radical (unpaired) electrons. The van der Waals surface area contributed by atoms with Crippen molar-refractivity contribution in [3.05, 3.63) is 28.8 Å². The topological polar surface area (TPSA) is 49.3 Å². The molecule has 0 amide bonds. The first kappa shape index (κ1) is 12.8. The van der Waals surface area contributed by atoms with Crippen LogP contribution in [0.1, 0.15) is 25.3 Å². The Morgan fingerprint density at radius 3 is 2.81 bits per heavy atom. The fourth-order valence-corrected chi connectivity index (χ4v) is 1.66. The minimum Gasteiger partial charge on any atom is -0.480 e. The van der Waals surface area contributed by atoms with Gasteiger partial charge in [-0.05, 0) is 31.0 Å². The van der Waals surface area contributed by atoms with Crippen LogP contribution in [0.2, 0.25) is 5.02 Å². The molecule has 0 heterocycles. The van der Waals surface area contributed by atoms with Crippen LogP contribution in [0.25, 0.3) is 0 Å². The summed E-state index contributed by atoms with van der Waals surface area (Å²) in [5.74, 6) is -0.848. The molecule has 0 aliphatic rings. The normalized spacial score (nSPS) is 12.2. The van der Waals surface area contributed by atoms with Crippen molar-refractivity contribution in [2.24, 2.45) is 0 Å². The predicted octanol–water partition coefficient (Wildman–Crippen LogP) is 3.31. The summed E-state index contributed by atoms with van der Waals surface area (Å²) in [7, 11) is 0. The van der Waals surface area contributed by atoms with Crippen molar-refractivity contribution in [1.82, 2.24) is 0 Å². The number of anilines is 1. The number of aliphatic carboxylic acids is 1. The average Bonchev–Trinajstić information content (AvgIpc) is 2.22. The molecular weight excluding hydrogens is 226 g/mol. The Morgan fingerprint density at radius 1 is 1.56 bits per heavy atom. The molecular formula is C12H16ClNO2. The molecule has 16 heavy (non-hydrogen) atoms. The van der Waals surface area contributed by atoms with Crippen LogP contribution >= 0.6 is 11.6 Å². The lowest BCUT2D eigenvalue weighted by Crippen LogP contribution is -2.29. The quantitative estimate of drug-likeness (QED) is 0.832. The maximum absolute atomic E-state index is 11.0. The highest BCUT2D eigenvalue weighted by Crippen LogP contribution is 2.24. The smallest absolute Gasteiger partial charge is 0.326 e. The van der Waals surface area contributed by atoms with Crippen molar-refractivity contribution in [2.45, 2.75) is 32.7 Å². The monoisotopic (exact) mass is 241 g/mol. The third-order valence-corrected chi connectivity index (χ3v) is 2.66. The van der Waals surface area contributed by atoms with Crippen molar-refractivity contribution in [2.75, 3.05) is 5.32 Å². The Labute approximate surface area is 100 Å². The molecule has 1 aromatic carbocycles. The van der Waals surface area contributed by atoms with Crippen molar-refractivity contribution in [3.63, 3.8) is 0 Å². The summed E-state index contributed by atoms with van der Waals surface area (Å²) in [4.78, 5) is 11.0. The molecule has 4 heteroatoms. The van der Waals surface area contributed by atoms with Gasteiger partial charge in [-0.15, -0.1) is 0 Å². The Kier molecular flexibility index (Phi) is 4.62. The molecule has 0 bridgehead atoms. The molecule has 3 nitrogen and oxygen atoms in total. The summed E-state index contributed by atoms with van der Waals surface area (Å²) in [5.41, 5.74) is 1.73. The zero-order valence-electron chi connectivity index (χ0n) is 9.46. The number of aryl methyl sites for hydroxylation is 1. The molecule has 1 atom stereocenters. The highest BCUT2D eigenvalue weighted by Gasteiger charge is 2.16. The Bertz CT molecular complexity index is 379. The van der Waals surface area contributed by atoms with Gasteiger partial charge in [0.05, 0.1) is 10.7 Å². The maximum Gasteiger partial charge on any atom is 0.326 e. The van der Waals surface area contributed by atoms with E-state index >= 15 is 0 Å². The van der Waals surface area contributed by atoms with Gasteiger partial charge in [0.1, 0.15) is 6.04 Å². The number of carboxylic acids is 1. The van der Waals surface area contributed by atoms with Crippen molar-refractivity contribution < 1.29 is 9.90 Å². The predicted molar refractivity (Wildman–Crippen MR) is 66.1 cm³/mol. The molecule has 0 aliphatic carbocycles. The first-order chi connectivity index (χ1) is 7.54. The van der Waals surface area contributed by atoms with E-state index < -0.39 is 12.0 Å². The van der Waals surface area contributed by atoms with E-state index in [9.17, 15) is 4.79 Å². The molecule has 88 valence electrons. The summed E-state index contributed by atoms with van der Waals surface area (Å²) in [5, 5.41) is 12.5. The van der Waals surface area contributed by atoms with Gasteiger partial charge >= 0.3 is 5.97 Å². The second kappa shape index (κ2) is 5.75. The number of halogens is 1. The molecule has 0 aromatic heterocycles. The van der Waals surface area contributed by atoms with Crippen LogP contribution in [-0.4, -0.2) is 17.1 Å². The summed E-state index contributed by atoms with van der Waals surface area (Å²) in [6.07, 6.45) is 1.40. The largest absolute Gasteiger partial charge is 0.480 e. The van der Waals surface area contributed by atoms with Crippen LogP contribution in [0.3, 0.4) is 0 Å². The van der Waals surface area contributed by atoms with Crippen molar-refractivity contribution in [3.8, 4) is 0 Å². The lowest BCUT2D eigenvalue weighted by Gasteiger charge is -2.16. The van der Waals surface area contributed by atoms with Gasteiger partial charge in [0.15, 0.2) is 0 Å². The number of benzene rings is 1. The van der Waals surface area contributed by atoms with Crippen LogP contribution in [0.15, 0.2) is 18.2 Å². The molecule has 0 saturated carbocycles. The minimum absolute atomic E-state index is 0.549. The van der Waals surface area contributed by atoms with Gasteiger partial charge in [-0.1, -0.05) is 31.0 Å². The van der Waals surface area contributed by atoms with E-state index in [-0.39, 0.29) is 0 Å². The van der Waals surface area contributed by atoms with E-state index in [4.69, 9.17) is 16.7 Å². The van der Waals surface area contributed by atoms with E-state index in [1.54, 1.807) is 6.07 Å². The van der Waals surface area contributed by atoms with Crippen LogP contribution in [-0.2, 0) is 4.79 Å². The van der Waals surface area contributed by atoms with Gasteiger partial charge in [-0.3, -0.25) is 0 Å². The summed E-state index contributed by atoms with van der Waals surface area (Å²) >= 11 is 5.99. The molecule has 1 unspecified atom stereocenters. The number of carboxylic acid groups (broad SMARTS) is 1. The van der Waals surface area contributed by atoms with Crippen molar-refractivity contribution >= 4 is 23.3 Å². The molecule has 1 aromatic rings. The minimum atomic E-state index is -0.848. The van der Waals surface area contributed by atoms with E-state index in [1.165, 1.54) is 0 Å². The van der Waals surface area contributed by atoms with E-state index in [0.717, 1.165) is 12.0 Å². The molecule has 0 saturated heterocycles. The number of hydrogen-bond donors (Lipinski definition) is 2. The second-order valence-electron chi connectivity index (χ2n) is 3.81. The summed E-state index contributed by atoms with van der Waals surface area (Å²) in [6, 6.07) is 4.94. The van der Waals surface area contributed by atoms with Crippen LogP contribution in [0, 0.1) is 6.92 Å². The van der Waals surface area contributed by atoms with Crippen LogP contribution in [0.4, 0.5) is 5.69 Å². The molecule has 0 fully saturated rings. The molecule has 0 spiro atoms. The average molecular weight is 242 g/mol. The Balaban J connectivity index is 2.84. The zero-order chi connectivity index (χ0) is 12.1. The lowest BCUT2D eigenvalue weighted by molar-refractivity contribution is -0.138. The van der Waals surface area contributed by atoms with Gasteiger partial charge in [-0.2, -0.15) is 0 Å². The van der Waals surface area contributed by atoms with E-state index in [2.05, 4.69) is 5.32 Å². The first-order valence-corrected chi connectivity index (χ1v) is 5.68. The number of hydrogen-bond acceptors (Lipinski definition) is 2. The Morgan fingerprint density at radius 2 is 2.25 bits per heavy atom. The number of nitrogens with one attached hydrogen (secondary N) is 1. The third kappa shape index (κ3) is 3.42.